The molecule has 0 saturated carbocycles. The highest BCUT2D eigenvalue weighted by molar-refractivity contribution is 6.30. The molecule has 110 valence electrons. The number of aromatic nitrogens is 2. The molecule has 6 heteroatoms. The normalized spacial score (nSPS) is 12.1. The van der Waals surface area contributed by atoms with Crippen LogP contribution in [0.4, 0.5) is 20.3 Å². The van der Waals surface area contributed by atoms with Gasteiger partial charge in [-0.1, -0.05) is 17.7 Å². The third-order valence-electron chi connectivity index (χ3n) is 3.74. The highest BCUT2D eigenvalue weighted by Gasteiger charge is 2.25. The van der Waals surface area contributed by atoms with Crippen LogP contribution < -0.4 is 5.32 Å². The van der Waals surface area contributed by atoms with Crippen molar-refractivity contribution in [2.75, 3.05) is 5.32 Å². The molecule has 4 rings (SSSR count). The first-order valence-electron chi connectivity index (χ1n) is 6.70. The molecule has 0 radical (unpaired) electrons. The number of halogens is 3. The number of hydrogen-bond donors (Lipinski definition) is 2. The van der Waals surface area contributed by atoms with Gasteiger partial charge in [-0.2, -0.15) is 5.10 Å². The number of hydrogen-bond acceptors (Lipinski definition) is 2. The van der Waals surface area contributed by atoms with Crippen molar-refractivity contribution in [1.29, 1.82) is 0 Å². The van der Waals surface area contributed by atoms with Crippen LogP contribution in [0.1, 0.15) is 11.1 Å². The number of nitrogens with one attached hydrogen (secondary N) is 2. The predicted octanol–water partition coefficient (Wildman–Crippen LogP) is 4.66. The van der Waals surface area contributed by atoms with Gasteiger partial charge in [-0.3, -0.25) is 5.10 Å². The Morgan fingerprint density at radius 1 is 1.14 bits per heavy atom. The third kappa shape index (κ3) is 2.05. The average molecular weight is 318 g/mol. The summed E-state index contributed by atoms with van der Waals surface area (Å²) in [6.45, 7) is 0. The van der Waals surface area contributed by atoms with Gasteiger partial charge in [0.05, 0.1) is 11.4 Å². The van der Waals surface area contributed by atoms with Gasteiger partial charge in [-0.15, -0.1) is 0 Å². The van der Waals surface area contributed by atoms with Crippen molar-refractivity contribution in [3.8, 4) is 11.3 Å². The van der Waals surface area contributed by atoms with Crippen molar-refractivity contribution in [3.63, 3.8) is 0 Å². The van der Waals surface area contributed by atoms with Gasteiger partial charge in [0.2, 0.25) is 0 Å². The molecule has 1 aliphatic carbocycles. The average Bonchev–Trinajstić information content (AvgIpc) is 3.02. The van der Waals surface area contributed by atoms with Gasteiger partial charge in [0, 0.05) is 28.6 Å². The van der Waals surface area contributed by atoms with E-state index in [-0.39, 0.29) is 5.69 Å². The summed E-state index contributed by atoms with van der Waals surface area (Å²) in [4.78, 5) is 0. The fraction of sp³-hybridized carbons (Fsp3) is 0.0625. The number of H-pyrrole nitrogens is 1. The molecule has 3 aromatic rings. The second-order valence-electron chi connectivity index (χ2n) is 5.15. The fourth-order valence-corrected chi connectivity index (χ4v) is 2.92. The van der Waals surface area contributed by atoms with Gasteiger partial charge in [0.15, 0.2) is 0 Å². The zero-order valence-corrected chi connectivity index (χ0v) is 12.0. The van der Waals surface area contributed by atoms with Crippen LogP contribution in [-0.4, -0.2) is 10.2 Å². The SMILES string of the molecule is Fc1ccc(F)c(Nc2[nH]nc3c2Cc2cc(Cl)ccc2-3)c1. The number of aromatic amines is 1. The van der Waals surface area contributed by atoms with Crippen molar-refractivity contribution in [2.24, 2.45) is 0 Å². The lowest BCUT2D eigenvalue weighted by molar-refractivity contribution is 0.603. The van der Waals surface area contributed by atoms with E-state index in [0.29, 0.717) is 17.3 Å². The zero-order valence-electron chi connectivity index (χ0n) is 11.3. The Bertz CT molecular complexity index is 889. The molecule has 0 bridgehead atoms. The maximum absolute atomic E-state index is 13.7. The molecule has 1 heterocycles. The molecule has 0 fully saturated rings. The molecule has 0 spiro atoms. The number of anilines is 2. The van der Waals surface area contributed by atoms with E-state index in [2.05, 4.69) is 15.5 Å². The lowest BCUT2D eigenvalue weighted by Gasteiger charge is -2.07. The summed E-state index contributed by atoms with van der Waals surface area (Å²) in [6, 6.07) is 8.89. The van der Waals surface area contributed by atoms with E-state index in [0.717, 1.165) is 40.6 Å². The van der Waals surface area contributed by atoms with Gasteiger partial charge in [-0.05, 0) is 29.8 Å². The van der Waals surface area contributed by atoms with E-state index in [4.69, 9.17) is 11.6 Å². The van der Waals surface area contributed by atoms with Crippen LogP contribution in [-0.2, 0) is 6.42 Å². The van der Waals surface area contributed by atoms with Gasteiger partial charge in [0.1, 0.15) is 17.5 Å². The van der Waals surface area contributed by atoms with Crippen molar-refractivity contribution in [3.05, 3.63) is 64.2 Å². The van der Waals surface area contributed by atoms with Crippen LogP contribution in [0, 0.1) is 11.6 Å². The molecule has 0 aliphatic heterocycles. The maximum atomic E-state index is 13.7. The minimum absolute atomic E-state index is 0.0699. The van der Waals surface area contributed by atoms with Crippen LogP contribution >= 0.6 is 11.6 Å². The minimum Gasteiger partial charge on any atom is -0.338 e. The Kier molecular flexibility index (Phi) is 2.90. The Morgan fingerprint density at radius 3 is 2.86 bits per heavy atom. The van der Waals surface area contributed by atoms with Crippen LogP contribution in [0.25, 0.3) is 11.3 Å². The van der Waals surface area contributed by atoms with Crippen LogP contribution in [0.5, 0.6) is 0 Å². The van der Waals surface area contributed by atoms with E-state index >= 15 is 0 Å². The van der Waals surface area contributed by atoms with Crippen molar-refractivity contribution >= 4 is 23.1 Å². The zero-order chi connectivity index (χ0) is 15.3. The Hall–Kier alpha value is -2.40. The van der Waals surface area contributed by atoms with Gasteiger partial charge < -0.3 is 5.32 Å². The molecule has 1 aromatic heterocycles. The molecule has 0 atom stereocenters. The quantitative estimate of drug-likeness (QED) is 0.564. The summed E-state index contributed by atoms with van der Waals surface area (Å²) in [7, 11) is 0. The molecular formula is C16H10ClF2N3. The van der Waals surface area contributed by atoms with Crippen LogP contribution in [0.15, 0.2) is 36.4 Å². The molecule has 22 heavy (non-hydrogen) atoms. The molecule has 2 aromatic carbocycles. The van der Waals surface area contributed by atoms with E-state index in [1.807, 2.05) is 18.2 Å². The molecule has 1 aliphatic rings. The topological polar surface area (TPSA) is 40.7 Å². The predicted molar refractivity (Wildman–Crippen MR) is 81.5 cm³/mol. The first-order chi connectivity index (χ1) is 10.6. The van der Waals surface area contributed by atoms with E-state index in [9.17, 15) is 8.78 Å². The Morgan fingerprint density at radius 2 is 2.00 bits per heavy atom. The maximum Gasteiger partial charge on any atom is 0.146 e. The molecular weight excluding hydrogens is 308 g/mol. The lowest BCUT2D eigenvalue weighted by atomic mass is 10.1. The monoisotopic (exact) mass is 317 g/mol. The standard InChI is InChI=1S/C16H10ClF2N3/c17-9-1-3-11-8(5-9)6-12-15(11)21-22-16(12)20-14-7-10(18)2-4-13(14)19/h1-5,7H,6H2,(H2,20,21,22). The summed E-state index contributed by atoms with van der Waals surface area (Å²) in [5.74, 6) is -0.467. The number of rotatable bonds is 2. The Labute approximate surface area is 129 Å². The smallest absolute Gasteiger partial charge is 0.146 e. The van der Waals surface area contributed by atoms with E-state index < -0.39 is 11.6 Å². The van der Waals surface area contributed by atoms with Crippen molar-refractivity contribution in [1.82, 2.24) is 10.2 Å². The van der Waals surface area contributed by atoms with Gasteiger partial charge >= 0.3 is 0 Å². The van der Waals surface area contributed by atoms with Crippen LogP contribution in [0.3, 0.4) is 0 Å². The summed E-state index contributed by atoms with van der Waals surface area (Å²) < 4.78 is 27.0. The summed E-state index contributed by atoms with van der Waals surface area (Å²) >= 11 is 6.01. The third-order valence-corrected chi connectivity index (χ3v) is 3.98. The van der Waals surface area contributed by atoms with E-state index in [1.165, 1.54) is 0 Å². The van der Waals surface area contributed by atoms with E-state index in [1.54, 1.807) is 0 Å². The summed E-state index contributed by atoms with van der Waals surface area (Å²) in [5, 5.41) is 10.7. The first-order valence-corrected chi connectivity index (χ1v) is 7.08. The molecule has 0 saturated heterocycles. The van der Waals surface area contributed by atoms with Gasteiger partial charge in [-0.25, -0.2) is 8.78 Å². The second-order valence-corrected chi connectivity index (χ2v) is 5.59. The number of benzene rings is 2. The molecule has 0 unspecified atom stereocenters. The Balaban J connectivity index is 1.73. The molecule has 3 nitrogen and oxygen atoms in total. The van der Waals surface area contributed by atoms with Crippen molar-refractivity contribution < 1.29 is 8.78 Å². The van der Waals surface area contributed by atoms with Crippen LogP contribution in [0.2, 0.25) is 5.02 Å². The first kappa shape index (κ1) is 13.3. The largest absolute Gasteiger partial charge is 0.338 e. The summed E-state index contributed by atoms with van der Waals surface area (Å²) in [5.41, 5.74) is 3.87. The minimum atomic E-state index is -0.525. The van der Waals surface area contributed by atoms with Crippen molar-refractivity contribution in [2.45, 2.75) is 6.42 Å². The second kappa shape index (κ2) is 4.81. The highest BCUT2D eigenvalue weighted by Crippen LogP contribution is 2.40. The lowest BCUT2D eigenvalue weighted by Crippen LogP contribution is -1.98. The fourth-order valence-electron chi connectivity index (χ4n) is 2.72. The van der Waals surface area contributed by atoms with Gasteiger partial charge in [0.25, 0.3) is 0 Å². The summed E-state index contributed by atoms with van der Waals surface area (Å²) in [6.07, 6.45) is 0.640. The molecule has 2 N–H and O–H groups in total. The number of fused-ring (bicyclic) bond motifs is 3. The molecule has 0 amide bonds. The highest BCUT2D eigenvalue weighted by atomic mass is 35.5. The number of nitrogens with zero attached hydrogens (tertiary/aromatic N) is 1.